The highest BCUT2D eigenvalue weighted by Crippen LogP contribution is 2.55. The van der Waals surface area contributed by atoms with Gasteiger partial charge in [-0.1, -0.05) is 52.8 Å². The number of hydrogen-bond acceptors (Lipinski definition) is 13. The number of phenolic OH excluding ortho intramolecular Hbond substituents is 3. The SMILES string of the molecule is CNCN(C)/N=C\c1c2c(O)c3c(O)c(C)c4c(c3c1O)C(=O)[C@@](C)(O/C=C/[C@H](OC)[C@@H](C)[C@@H](C)[C@H](C)[C@H](O)[C@H](C)[C@@H](O)[C@@H](C)/C=C/C=C(/C)C(=O)N2)O4. The van der Waals surface area contributed by atoms with Gasteiger partial charge in [-0.3, -0.25) is 14.6 Å². The van der Waals surface area contributed by atoms with Gasteiger partial charge >= 0.3 is 5.79 Å². The summed E-state index contributed by atoms with van der Waals surface area (Å²) in [5, 5.41) is 68.6. The molecule has 2 aromatic carbocycles. The Bertz CT molecular complexity index is 1870. The lowest BCUT2D eigenvalue weighted by Crippen LogP contribution is -2.41. The number of allylic oxidation sites excluding steroid dienone is 2. The van der Waals surface area contributed by atoms with Gasteiger partial charge < -0.3 is 50.4 Å². The van der Waals surface area contributed by atoms with Crippen LogP contribution in [0.4, 0.5) is 5.69 Å². The number of fused-ring (bicyclic) bond motifs is 14. The summed E-state index contributed by atoms with van der Waals surface area (Å²) in [6, 6.07) is 0. The molecule has 0 saturated heterocycles. The second-order valence-corrected chi connectivity index (χ2v) is 14.8. The van der Waals surface area contributed by atoms with Crippen molar-refractivity contribution in [1.82, 2.24) is 10.3 Å². The molecule has 296 valence electrons. The third-order valence-electron chi connectivity index (χ3n) is 11.1. The van der Waals surface area contributed by atoms with E-state index in [9.17, 15) is 35.1 Å². The Kier molecular flexibility index (Phi) is 13.1. The van der Waals surface area contributed by atoms with Crippen LogP contribution in [0.1, 0.15) is 70.0 Å². The van der Waals surface area contributed by atoms with Gasteiger partial charge in [0.15, 0.2) is 5.75 Å². The molecule has 14 nitrogen and oxygen atoms in total. The van der Waals surface area contributed by atoms with E-state index in [-0.39, 0.29) is 62.2 Å². The van der Waals surface area contributed by atoms with Crippen molar-refractivity contribution in [3.05, 3.63) is 52.8 Å². The zero-order valence-electron chi connectivity index (χ0n) is 33.0. The molecule has 14 heteroatoms. The van der Waals surface area contributed by atoms with Crippen molar-refractivity contribution >= 4 is 34.4 Å². The van der Waals surface area contributed by atoms with E-state index >= 15 is 0 Å². The first-order valence-electron chi connectivity index (χ1n) is 18.1. The first kappa shape index (κ1) is 42.1. The number of amides is 1. The topological polar surface area (TPSA) is 203 Å². The number of aromatic hydroxyl groups is 3. The molecular formula is C40H56N4O10. The zero-order chi connectivity index (χ0) is 40.4. The Labute approximate surface area is 316 Å². The van der Waals surface area contributed by atoms with Gasteiger partial charge in [0.05, 0.1) is 59.7 Å². The number of anilines is 1. The van der Waals surface area contributed by atoms with Crippen LogP contribution >= 0.6 is 0 Å². The van der Waals surface area contributed by atoms with Crippen LogP contribution in [0.5, 0.6) is 23.0 Å². The number of aliphatic hydroxyl groups excluding tert-OH is 2. The van der Waals surface area contributed by atoms with Gasteiger partial charge in [-0.25, -0.2) is 0 Å². The fourth-order valence-electron chi connectivity index (χ4n) is 7.12. The highest BCUT2D eigenvalue weighted by atomic mass is 16.7. The normalized spacial score (nSPS) is 31.9. The largest absolute Gasteiger partial charge is 0.507 e. The number of methoxy groups -OCH3 is 1. The maximum atomic E-state index is 14.3. The molecule has 0 spiro atoms. The van der Waals surface area contributed by atoms with E-state index in [4.69, 9.17) is 14.2 Å². The standard InChI is InChI=1S/C40H56N4O10/c1-19-13-12-14-20(2)39(51)43-31-26(17-42-44(10)18-41-9)35(48)28-29(36(31)49)34(47)25(7)37-30(28)38(50)40(8,54-37)53-16-15-27(52-11)22(4)21(3)23(5)33(46)24(6)32(19)45/h12-17,19,21-24,27,32-33,41,45-49H,18H2,1-11H3,(H,43,51)/b13-12+,16-15+,20-14-,42-17-/t19-,21+,22-,23-,24+,27-,32-,33-,40-/m0/s1. The molecule has 1 amide bonds. The van der Waals surface area contributed by atoms with Crippen LogP contribution in [-0.4, -0.2) is 100 Å². The third-order valence-corrected chi connectivity index (χ3v) is 11.1. The fourth-order valence-corrected chi connectivity index (χ4v) is 7.12. The molecule has 0 unspecified atom stereocenters. The van der Waals surface area contributed by atoms with E-state index in [1.54, 1.807) is 53.3 Å². The Morgan fingerprint density at radius 1 is 0.963 bits per heavy atom. The predicted octanol–water partition coefficient (Wildman–Crippen LogP) is 4.90. The summed E-state index contributed by atoms with van der Waals surface area (Å²) in [4.78, 5) is 27.9. The second kappa shape index (κ2) is 16.8. The number of benzene rings is 2. The van der Waals surface area contributed by atoms with Crippen molar-refractivity contribution in [3.8, 4) is 23.0 Å². The smallest absolute Gasteiger partial charge is 0.312 e. The van der Waals surface area contributed by atoms with E-state index in [1.165, 1.54) is 37.4 Å². The van der Waals surface area contributed by atoms with Crippen LogP contribution in [0.3, 0.4) is 0 Å². The average Bonchev–Trinajstić information content (AvgIpc) is 3.40. The zero-order valence-corrected chi connectivity index (χ0v) is 33.0. The maximum absolute atomic E-state index is 14.3. The summed E-state index contributed by atoms with van der Waals surface area (Å²) < 4.78 is 17.9. The molecule has 9 atom stereocenters. The summed E-state index contributed by atoms with van der Waals surface area (Å²) in [5.74, 6) is -6.44. The molecule has 0 saturated carbocycles. The fraction of sp³-hybridized carbons (Fsp3) is 0.525. The van der Waals surface area contributed by atoms with Gasteiger partial charge in [-0.15, -0.1) is 0 Å². The number of Topliss-reactive ketones (excluding diaryl/α,β-unsaturated/α-hetero) is 1. The van der Waals surface area contributed by atoms with Crippen molar-refractivity contribution in [2.45, 2.75) is 79.5 Å². The second-order valence-electron chi connectivity index (χ2n) is 14.8. The first-order chi connectivity index (χ1) is 25.3. The molecule has 3 heterocycles. The van der Waals surface area contributed by atoms with Gasteiger partial charge in [-0.05, 0) is 44.7 Å². The molecule has 0 aromatic heterocycles. The average molecular weight is 753 g/mol. The number of carbonyl (C=O) groups excluding carboxylic acids is 2. The highest BCUT2D eigenvalue weighted by Gasteiger charge is 2.49. The quantitative estimate of drug-likeness (QED) is 0.0717. The molecule has 54 heavy (non-hydrogen) atoms. The van der Waals surface area contributed by atoms with E-state index in [0.717, 1.165) is 0 Å². The Morgan fingerprint density at radius 3 is 2.26 bits per heavy atom. The molecule has 7 N–H and O–H groups in total. The monoisotopic (exact) mass is 752 g/mol. The maximum Gasteiger partial charge on any atom is 0.312 e. The van der Waals surface area contributed by atoms with E-state index < -0.39 is 64.9 Å². The molecule has 5 bridgehead atoms. The highest BCUT2D eigenvalue weighted by molar-refractivity contribution is 6.23. The first-order valence-corrected chi connectivity index (χ1v) is 18.1. The number of ether oxygens (including phenoxy) is 3. The van der Waals surface area contributed by atoms with Crippen molar-refractivity contribution in [1.29, 1.82) is 0 Å². The number of carbonyl (C=O) groups is 2. The molecular weight excluding hydrogens is 696 g/mol. The van der Waals surface area contributed by atoms with Gasteiger partial charge in [-0.2, -0.15) is 5.10 Å². The lowest BCUT2D eigenvalue weighted by Gasteiger charge is -2.37. The van der Waals surface area contributed by atoms with Gasteiger partial charge in [0.1, 0.15) is 17.2 Å². The summed E-state index contributed by atoms with van der Waals surface area (Å²) in [6.07, 6.45) is 6.77. The Balaban J connectivity index is 1.97. The van der Waals surface area contributed by atoms with E-state index in [2.05, 4.69) is 15.7 Å². The van der Waals surface area contributed by atoms with Gasteiger partial charge in [0.25, 0.3) is 11.7 Å². The van der Waals surface area contributed by atoms with Gasteiger partial charge in [0, 0.05) is 49.4 Å². The summed E-state index contributed by atoms with van der Waals surface area (Å²) in [7, 11) is 4.91. The van der Waals surface area contributed by atoms with Crippen LogP contribution in [0.25, 0.3) is 10.8 Å². The van der Waals surface area contributed by atoms with E-state index in [1.807, 2.05) is 27.7 Å². The molecule has 3 aliphatic rings. The minimum Gasteiger partial charge on any atom is -0.507 e. The van der Waals surface area contributed by atoms with Crippen LogP contribution in [-0.2, 0) is 14.3 Å². The molecule has 3 aliphatic heterocycles. The number of rotatable bonds is 5. The minimum absolute atomic E-state index is 0.0581. The van der Waals surface area contributed by atoms with Crippen molar-refractivity contribution in [2.75, 3.05) is 33.2 Å². The minimum atomic E-state index is -1.96. The molecule has 0 fully saturated rings. The van der Waals surface area contributed by atoms with Crippen LogP contribution in [0, 0.1) is 36.5 Å². The molecule has 0 radical (unpaired) electrons. The van der Waals surface area contributed by atoms with Crippen molar-refractivity contribution < 1.29 is 49.3 Å². The third kappa shape index (κ3) is 7.92. The summed E-state index contributed by atoms with van der Waals surface area (Å²) in [5.41, 5.74) is -0.268. The predicted molar refractivity (Wildman–Crippen MR) is 207 cm³/mol. The Morgan fingerprint density at radius 2 is 1.63 bits per heavy atom. The molecule has 0 aliphatic carbocycles. The Hall–Kier alpha value is -4.63. The number of phenols is 3. The van der Waals surface area contributed by atoms with E-state index in [0.29, 0.717) is 6.67 Å². The summed E-state index contributed by atoms with van der Waals surface area (Å²) in [6.45, 7) is 14.2. The lowest BCUT2D eigenvalue weighted by molar-refractivity contribution is -0.112. The van der Waals surface area contributed by atoms with Gasteiger partial charge in [0.2, 0.25) is 0 Å². The van der Waals surface area contributed by atoms with Crippen LogP contribution < -0.4 is 15.4 Å². The summed E-state index contributed by atoms with van der Waals surface area (Å²) >= 11 is 0. The number of hydrogen-bond donors (Lipinski definition) is 7. The number of nitrogens with one attached hydrogen (secondary N) is 2. The number of ketones is 1. The molecule has 2 aromatic rings. The number of nitrogens with zero attached hydrogens (tertiary/aromatic N) is 2. The van der Waals surface area contributed by atoms with Crippen LogP contribution in [0.2, 0.25) is 0 Å². The lowest BCUT2D eigenvalue weighted by atomic mass is 9.74. The molecule has 5 rings (SSSR count). The van der Waals surface area contributed by atoms with Crippen LogP contribution in [0.15, 0.2) is 41.2 Å². The number of hydrazone groups is 1. The van der Waals surface area contributed by atoms with Crippen molar-refractivity contribution in [3.63, 3.8) is 0 Å². The number of aliphatic hydroxyl groups is 2. The van der Waals surface area contributed by atoms with Crippen molar-refractivity contribution in [2.24, 2.45) is 34.7 Å².